The Hall–Kier alpha value is -4.90. The minimum Gasteiger partial charge on any atom is -0.236 e. The molecule has 0 aliphatic heterocycles. The molecule has 2 nitrogen and oxygen atoms in total. The Labute approximate surface area is 288 Å². The number of benzene rings is 6. The molecular weight excluding hydrogens is 621 g/mol. The minimum atomic E-state index is -0.0263. The number of aromatic nitrogens is 2. The number of rotatable bonds is 3. The number of nitrogens with zero attached hydrogens (tertiary/aromatic N) is 2. The molecule has 2 aromatic heterocycles. The molecular formula is C44H32N2S2. The molecule has 2 aliphatic carbocycles. The van der Waals surface area contributed by atoms with Gasteiger partial charge >= 0.3 is 0 Å². The van der Waals surface area contributed by atoms with Gasteiger partial charge < -0.3 is 0 Å². The lowest BCUT2D eigenvalue weighted by molar-refractivity contribution is 0.660. The van der Waals surface area contributed by atoms with E-state index in [4.69, 9.17) is 9.97 Å². The Bertz CT molecular complexity index is 2530. The van der Waals surface area contributed by atoms with Crippen LogP contribution in [0.2, 0.25) is 0 Å². The third-order valence-corrected chi connectivity index (χ3v) is 12.9. The van der Waals surface area contributed by atoms with Crippen molar-refractivity contribution in [2.75, 3.05) is 0 Å². The van der Waals surface area contributed by atoms with Gasteiger partial charge in [-0.3, -0.25) is 0 Å². The number of hydrogen-bond donors (Lipinski definition) is 0. The second-order valence-corrected chi connectivity index (χ2v) is 16.3. The van der Waals surface area contributed by atoms with Crippen LogP contribution < -0.4 is 0 Å². The summed E-state index contributed by atoms with van der Waals surface area (Å²) in [4.78, 5) is 10.2. The van der Waals surface area contributed by atoms with Crippen molar-refractivity contribution >= 4 is 43.1 Å². The third-order valence-electron chi connectivity index (χ3n) is 10.8. The van der Waals surface area contributed by atoms with Crippen molar-refractivity contribution in [2.45, 2.75) is 38.5 Å². The molecule has 230 valence electrons. The largest absolute Gasteiger partial charge is 0.236 e. The van der Waals surface area contributed by atoms with Gasteiger partial charge in [-0.2, -0.15) is 0 Å². The van der Waals surface area contributed by atoms with Crippen molar-refractivity contribution in [1.29, 1.82) is 0 Å². The van der Waals surface area contributed by atoms with Gasteiger partial charge in [-0.15, -0.1) is 22.7 Å². The lowest BCUT2D eigenvalue weighted by Gasteiger charge is -2.22. The Morgan fingerprint density at radius 2 is 0.792 bits per heavy atom. The molecule has 0 fully saturated rings. The maximum atomic E-state index is 5.08. The maximum absolute atomic E-state index is 5.08. The predicted octanol–water partition coefficient (Wildman–Crippen LogP) is 12.5. The number of thiazole rings is 2. The average molecular weight is 653 g/mol. The zero-order valence-corrected chi connectivity index (χ0v) is 28.9. The van der Waals surface area contributed by atoms with Crippen LogP contribution in [0.15, 0.2) is 121 Å². The van der Waals surface area contributed by atoms with Crippen LogP contribution in [0, 0.1) is 0 Å². The van der Waals surface area contributed by atoms with Crippen LogP contribution in [0.25, 0.3) is 75.0 Å². The van der Waals surface area contributed by atoms with Crippen molar-refractivity contribution < 1.29 is 0 Å². The zero-order chi connectivity index (χ0) is 32.4. The molecule has 0 atom stereocenters. The van der Waals surface area contributed by atoms with Crippen LogP contribution >= 0.6 is 22.7 Å². The summed E-state index contributed by atoms with van der Waals surface area (Å²) in [6.07, 6.45) is 0. The molecule has 0 saturated heterocycles. The maximum Gasteiger partial charge on any atom is 0.124 e. The van der Waals surface area contributed by atoms with Crippen molar-refractivity contribution in [2.24, 2.45) is 0 Å². The van der Waals surface area contributed by atoms with Crippen molar-refractivity contribution in [3.63, 3.8) is 0 Å². The first kappa shape index (κ1) is 28.1. The Morgan fingerprint density at radius 1 is 0.396 bits per heavy atom. The molecule has 0 amide bonds. The highest BCUT2D eigenvalue weighted by molar-refractivity contribution is 7.22. The molecule has 2 aliphatic rings. The standard InChI is InChI=1S/C44H32N2S2/c1-43(2)33-11-7-5-9-29(33)31-17-13-25(21-35(31)43)26-15-19-37-39(23-26)47-42(46-37)28-16-20-38-40(24-28)48-41(45-38)27-14-18-32-30-10-6-8-12-34(30)44(3,4)36(32)22-27/h5-24H,1-4H3. The van der Waals surface area contributed by atoms with Gasteiger partial charge in [-0.25, -0.2) is 9.97 Å². The molecule has 0 radical (unpaired) electrons. The van der Waals surface area contributed by atoms with Crippen LogP contribution in [0.1, 0.15) is 49.9 Å². The summed E-state index contributed by atoms with van der Waals surface area (Å²) in [7, 11) is 0. The van der Waals surface area contributed by atoms with E-state index in [2.05, 4.69) is 149 Å². The summed E-state index contributed by atoms with van der Waals surface area (Å²) in [5.74, 6) is 0. The molecule has 0 saturated carbocycles. The van der Waals surface area contributed by atoms with Crippen molar-refractivity contribution in [3.05, 3.63) is 144 Å². The molecule has 2 heterocycles. The van der Waals surface area contributed by atoms with E-state index in [9.17, 15) is 0 Å². The minimum absolute atomic E-state index is 0.0121. The van der Waals surface area contributed by atoms with Gasteiger partial charge in [-0.1, -0.05) is 107 Å². The molecule has 0 spiro atoms. The third kappa shape index (κ3) is 3.97. The van der Waals surface area contributed by atoms with E-state index in [1.165, 1.54) is 70.6 Å². The molecule has 8 aromatic rings. The van der Waals surface area contributed by atoms with Gasteiger partial charge in [0.2, 0.25) is 0 Å². The monoisotopic (exact) mass is 652 g/mol. The molecule has 6 aromatic carbocycles. The topological polar surface area (TPSA) is 25.8 Å². The van der Waals surface area contributed by atoms with Gasteiger partial charge in [0.25, 0.3) is 0 Å². The first-order valence-corrected chi connectivity index (χ1v) is 18.2. The van der Waals surface area contributed by atoms with Crippen LogP contribution in [-0.4, -0.2) is 9.97 Å². The second-order valence-electron chi connectivity index (χ2n) is 14.3. The summed E-state index contributed by atoms with van der Waals surface area (Å²) in [6.45, 7) is 9.35. The lowest BCUT2D eigenvalue weighted by Crippen LogP contribution is -2.14. The van der Waals surface area contributed by atoms with E-state index in [0.717, 1.165) is 26.6 Å². The first-order valence-electron chi connectivity index (χ1n) is 16.6. The summed E-state index contributed by atoms with van der Waals surface area (Å²) in [5, 5.41) is 2.10. The summed E-state index contributed by atoms with van der Waals surface area (Å²) in [5.41, 5.74) is 17.8. The molecule has 0 N–H and O–H groups in total. The average Bonchev–Trinajstić information content (AvgIpc) is 3.84. The first-order chi connectivity index (χ1) is 23.3. The second kappa shape index (κ2) is 9.82. The van der Waals surface area contributed by atoms with E-state index in [0.29, 0.717) is 0 Å². The van der Waals surface area contributed by atoms with Crippen LogP contribution in [-0.2, 0) is 10.8 Å². The highest BCUT2D eigenvalue weighted by Crippen LogP contribution is 2.51. The van der Waals surface area contributed by atoms with Gasteiger partial charge in [0.1, 0.15) is 10.0 Å². The van der Waals surface area contributed by atoms with Gasteiger partial charge in [0.15, 0.2) is 0 Å². The van der Waals surface area contributed by atoms with Crippen molar-refractivity contribution in [1.82, 2.24) is 9.97 Å². The zero-order valence-electron chi connectivity index (χ0n) is 27.3. The molecule has 0 unspecified atom stereocenters. The van der Waals surface area contributed by atoms with Gasteiger partial charge in [0.05, 0.1) is 20.4 Å². The fourth-order valence-electron chi connectivity index (χ4n) is 8.13. The summed E-state index contributed by atoms with van der Waals surface area (Å²) < 4.78 is 2.39. The number of hydrogen-bond acceptors (Lipinski definition) is 4. The quantitative estimate of drug-likeness (QED) is 0.190. The summed E-state index contributed by atoms with van der Waals surface area (Å²) in [6, 6.07) is 44.8. The SMILES string of the molecule is CC1(C)c2ccccc2-c2ccc(-c3ccc4nc(-c5ccc6nc(-c7ccc8c(c7)C(C)(C)c7ccccc7-8)sc6c5)sc4c3)cc21. The molecule has 10 rings (SSSR count). The Kier molecular flexibility index (Phi) is 5.76. The van der Waals surface area contributed by atoms with Gasteiger partial charge in [-0.05, 0) is 98.1 Å². The highest BCUT2D eigenvalue weighted by Gasteiger charge is 2.36. The van der Waals surface area contributed by atoms with E-state index in [1.54, 1.807) is 22.7 Å². The summed E-state index contributed by atoms with van der Waals surface area (Å²) >= 11 is 3.53. The van der Waals surface area contributed by atoms with Crippen LogP contribution in [0.3, 0.4) is 0 Å². The van der Waals surface area contributed by atoms with Gasteiger partial charge in [0, 0.05) is 22.0 Å². The van der Waals surface area contributed by atoms with E-state index in [1.807, 2.05) is 0 Å². The predicted molar refractivity (Wildman–Crippen MR) is 204 cm³/mol. The Morgan fingerprint density at radius 3 is 1.38 bits per heavy atom. The Balaban J connectivity index is 0.979. The normalized spacial score (nSPS) is 15.0. The number of fused-ring (bicyclic) bond motifs is 8. The van der Waals surface area contributed by atoms with E-state index in [-0.39, 0.29) is 10.8 Å². The van der Waals surface area contributed by atoms with Crippen molar-refractivity contribution in [3.8, 4) is 54.5 Å². The smallest absolute Gasteiger partial charge is 0.124 e. The van der Waals surface area contributed by atoms with E-state index < -0.39 is 0 Å². The van der Waals surface area contributed by atoms with Crippen LogP contribution in [0.5, 0.6) is 0 Å². The lowest BCUT2D eigenvalue weighted by atomic mass is 9.81. The fourth-order valence-corrected chi connectivity index (χ4v) is 10.1. The molecule has 48 heavy (non-hydrogen) atoms. The highest BCUT2D eigenvalue weighted by atomic mass is 32.1. The van der Waals surface area contributed by atoms with Crippen LogP contribution in [0.4, 0.5) is 0 Å². The van der Waals surface area contributed by atoms with E-state index >= 15 is 0 Å². The fraction of sp³-hybridized carbons (Fsp3) is 0.136. The molecule has 4 heteroatoms. The molecule has 0 bridgehead atoms.